The van der Waals surface area contributed by atoms with E-state index in [0.717, 1.165) is 0 Å². The second kappa shape index (κ2) is 9.74. The highest BCUT2D eigenvalue weighted by Gasteiger charge is 2.61. The van der Waals surface area contributed by atoms with E-state index in [4.69, 9.17) is 27.9 Å². The maximum absolute atomic E-state index is 14.5. The van der Waals surface area contributed by atoms with Gasteiger partial charge in [-0.2, -0.15) is 0 Å². The lowest BCUT2D eigenvalue weighted by atomic mass is 9.59. The molecule has 3 aromatic rings. The zero-order valence-corrected chi connectivity index (χ0v) is 22.3. The van der Waals surface area contributed by atoms with Gasteiger partial charge in [-0.3, -0.25) is 13.8 Å². The van der Waals surface area contributed by atoms with Gasteiger partial charge in [0.05, 0.1) is 16.8 Å². The SMILES string of the molecule is Cc1ccc(F)cc1C1NC(=O)CC(c2cc(Cl)ccc2OCS(C)=O)C12C(=O)Nc1cc(Cl)ccc12. The monoisotopic (exact) mass is 560 g/mol. The van der Waals surface area contributed by atoms with Gasteiger partial charge in [-0.1, -0.05) is 35.3 Å². The Hall–Kier alpha value is -2.94. The van der Waals surface area contributed by atoms with Crippen LogP contribution in [0.3, 0.4) is 0 Å². The van der Waals surface area contributed by atoms with E-state index in [9.17, 15) is 18.2 Å². The van der Waals surface area contributed by atoms with Gasteiger partial charge in [0.25, 0.3) is 0 Å². The molecule has 2 N–H and O–H groups in total. The molecule has 4 unspecified atom stereocenters. The molecule has 2 aliphatic heterocycles. The van der Waals surface area contributed by atoms with Crippen molar-refractivity contribution in [3.8, 4) is 5.75 Å². The zero-order valence-electron chi connectivity index (χ0n) is 19.9. The third kappa shape index (κ3) is 4.41. The van der Waals surface area contributed by atoms with Gasteiger partial charge >= 0.3 is 0 Å². The van der Waals surface area contributed by atoms with Gasteiger partial charge in [-0.15, -0.1) is 0 Å². The summed E-state index contributed by atoms with van der Waals surface area (Å²) >= 11 is 12.7. The molecule has 192 valence electrons. The Labute approximate surface area is 226 Å². The lowest BCUT2D eigenvalue weighted by Crippen LogP contribution is -2.57. The first-order chi connectivity index (χ1) is 17.6. The summed E-state index contributed by atoms with van der Waals surface area (Å²) in [5.41, 5.74) is 1.45. The van der Waals surface area contributed by atoms with Crippen LogP contribution in [0, 0.1) is 12.7 Å². The lowest BCUT2D eigenvalue weighted by molar-refractivity contribution is -0.131. The van der Waals surface area contributed by atoms with Gasteiger partial charge in [-0.25, -0.2) is 4.39 Å². The molecule has 0 saturated carbocycles. The fourth-order valence-electron chi connectivity index (χ4n) is 5.51. The molecular weight excluding hydrogens is 538 g/mol. The molecule has 5 rings (SSSR count). The zero-order chi connectivity index (χ0) is 26.5. The van der Waals surface area contributed by atoms with E-state index >= 15 is 0 Å². The van der Waals surface area contributed by atoms with Crippen LogP contribution in [0.15, 0.2) is 54.6 Å². The van der Waals surface area contributed by atoms with E-state index in [-0.39, 0.29) is 24.2 Å². The molecular formula is C27H23Cl2FN2O4S. The molecule has 10 heteroatoms. The fourth-order valence-corrected chi connectivity index (χ4v) is 6.16. The second-order valence-corrected chi connectivity index (χ2v) is 11.5. The average Bonchev–Trinajstić information content (AvgIpc) is 3.12. The first kappa shape index (κ1) is 25.7. The van der Waals surface area contributed by atoms with E-state index < -0.39 is 34.0 Å². The largest absolute Gasteiger partial charge is 0.480 e. The number of nitrogens with one attached hydrogen (secondary N) is 2. The first-order valence-electron chi connectivity index (χ1n) is 11.5. The lowest BCUT2D eigenvalue weighted by Gasteiger charge is -2.47. The Kier molecular flexibility index (Phi) is 6.77. The van der Waals surface area contributed by atoms with E-state index in [1.807, 2.05) is 0 Å². The molecule has 4 atom stereocenters. The Balaban J connectivity index is 1.81. The minimum absolute atomic E-state index is 0.0632. The van der Waals surface area contributed by atoms with E-state index in [2.05, 4.69) is 10.6 Å². The third-order valence-corrected chi connectivity index (χ3v) is 7.95. The minimum atomic E-state index is -1.39. The predicted molar refractivity (Wildman–Crippen MR) is 142 cm³/mol. The first-order valence-corrected chi connectivity index (χ1v) is 14.0. The Morgan fingerprint density at radius 1 is 1.05 bits per heavy atom. The normalized spacial score (nSPS) is 23.4. The number of carbonyl (C=O) groups excluding carboxylic acids is 2. The number of carbonyl (C=O) groups is 2. The number of fused-ring (bicyclic) bond motifs is 2. The average molecular weight is 561 g/mol. The van der Waals surface area contributed by atoms with Crippen LogP contribution in [0.4, 0.5) is 10.1 Å². The number of rotatable bonds is 5. The standard InChI is InChI=1S/C27H23Cl2FN2O4S/c1-14-3-6-17(30)11-18(14)25-27(20-7-4-16(29)10-22(20)31-26(27)34)21(12-24(33)32-25)19-9-15(28)5-8-23(19)36-13-37(2)35/h3-11,21,25H,12-13H2,1-2H3,(H,31,34)(H,32,33). The van der Waals surface area contributed by atoms with Crippen LogP contribution in [0.1, 0.15) is 40.6 Å². The summed E-state index contributed by atoms with van der Waals surface area (Å²) in [5.74, 6) is -1.64. The van der Waals surface area contributed by atoms with Gasteiger partial charge in [0.2, 0.25) is 11.8 Å². The summed E-state index contributed by atoms with van der Waals surface area (Å²) in [5, 5.41) is 6.74. The number of anilines is 1. The quantitative estimate of drug-likeness (QED) is 0.438. The van der Waals surface area contributed by atoms with Crippen molar-refractivity contribution in [3.05, 3.63) is 92.7 Å². The molecule has 1 fully saturated rings. The molecule has 6 nitrogen and oxygen atoms in total. The van der Waals surface area contributed by atoms with Crippen molar-refractivity contribution in [2.24, 2.45) is 0 Å². The van der Waals surface area contributed by atoms with Crippen LogP contribution in [0.2, 0.25) is 10.0 Å². The molecule has 2 amide bonds. The Morgan fingerprint density at radius 2 is 1.78 bits per heavy atom. The van der Waals surface area contributed by atoms with E-state index in [0.29, 0.717) is 43.7 Å². The number of hydrogen-bond donors (Lipinski definition) is 2. The highest BCUT2D eigenvalue weighted by atomic mass is 35.5. The molecule has 1 spiro atoms. The molecule has 2 heterocycles. The number of hydrogen-bond acceptors (Lipinski definition) is 4. The van der Waals surface area contributed by atoms with Gasteiger partial charge < -0.3 is 15.4 Å². The number of amides is 2. The maximum atomic E-state index is 14.5. The molecule has 2 aliphatic rings. The van der Waals surface area contributed by atoms with Crippen molar-refractivity contribution in [1.82, 2.24) is 5.32 Å². The number of aryl methyl sites for hydroxylation is 1. The highest BCUT2D eigenvalue weighted by molar-refractivity contribution is 7.84. The summed E-state index contributed by atoms with van der Waals surface area (Å²) < 4.78 is 32.2. The molecule has 37 heavy (non-hydrogen) atoms. The van der Waals surface area contributed by atoms with Crippen LogP contribution in [-0.4, -0.2) is 28.2 Å². The van der Waals surface area contributed by atoms with Crippen molar-refractivity contribution in [2.75, 3.05) is 17.5 Å². The Morgan fingerprint density at radius 3 is 2.54 bits per heavy atom. The molecule has 0 radical (unpaired) electrons. The summed E-state index contributed by atoms with van der Waals surface area (Å²) in [6.45, 7) is 1.80. The minimum Gasteiger partial charge on any atom is -0.480 e. The van der Waals surface area contributed by atoms with Crippen LogP contribution in [0.25, 0.3) is 0 Å². The summed E-state index contributed by atoms with van der Waals surface area (Å²) in [4.78, 5) is 27.4. The number of benzene rings is 3. The van der Waals surface area contributed by atoms with Crippen LogP contribution >= 0.6 is 23.2 Å². The van der Waals surface area contributed by atoms with Gasteiger partial charge in [-0.05, 0) is 66.1 Å². The summed E-state index contributed by atoms with van der Waals surface area (Å²) in [6, 6.07) is 13.4. The van der Waals surface area contributed by atoms with Crippen molar-refractivity contribution < 1.29 is 22.9 Å². The topological polar surface area (TPSA) is 84.5 Å². The van der Waals surface area contributed by atoms with E-state index in [1.165, 1.54) is 18.4 Å². The van der Waals surface area contributed by atoms with Crippen LogP contribution in [0.5, 0.6) is 5.75 Å². The van der Waals surface area contributed by atoms with Crippen molar-refractivity contribution >= 4 is 51.5 Å². The van der Waals surface area contributed by atoms with Gasteiger partial charge in [0, 0.05) is 39.9 Å². The summed E-state index contributed by atoms with van der Waals surface area (Å²) in [7, 11) is -1.26. The predicted octanol–water partition coefficient (Wildman–Crippen LogP) is 5.39. The smallest absolute Gasteiger partial charge is 0.238 e. The third-order valence-electron chi connectivity index (χ3n) is 7.03. The number of ether oxygens (including phenoxy) is 1. The molecule has 1 saturated heterocycles. The maximum Gasteiger partial charge on any atom is 0.238 e. The molecule has 0 aromatic heterocycles. The number of piperidine rings is 1. The molecule has 0 aliphatic carbocycles. The van der Waals surface area contributed by atoms with Crippen LogP contribution < -0.4 is 15.4 Å². The fraction of sp³-hybridized carbons (Fsp3) is 0.259. The van der Waals surface area contributed by atoms with Crippen molar-refractivity contribution in [2.45, 2.75) is 30.7 Å². The summed E-state index contributed by atoms with van der Waals surface area (Å²) in [6.07, 6.45) is 1.45. The molecule has 0 bridgehead atoms. The van der Waals surface area contributed by atoms with Crippen molar-refractivity contribution in [1.29, 1.82) is 0 Å². The second-order valence-electron chi connectivity index (χ2n) is 9.29. The van der Waals surface area contributed by atoms with E-state index in [1.54, 1.807) is 49.4 Å². The van der Waals surface area contributed by atoms with Gasteiger partial charge in [0.15, 0.2) is 5.94 Å². The van der Waals surface area contributed by atoms with Gasteiger partial charge in [0.1, 0.15) is 17.0 Å². The number of halogens is 3. The highest BCUT2D eigenvalue weighted by Crippen LogP contribution is 2.59. The molecule has 3 aromatic carbocycles. The van der Waals surface area contributed by atoms with Crippen LogP contribution in [-0.2, 0) is 25.8 Å². The Bertz CT molecular complexity index is 1470. The van der Waals surface area contributed by atoms with Crippen molar-refractivity contribution in [3.63, 3.8) is 0 Å².